The summed E-state index contributed by atoms with van der Waals surface area (Å²) in [6, 6.07) is 0. The molecular formula is C12H21N5O. The molecule has 0 aromatic carbocycles. The van der Waals surface area contributed by atoms with E-state index in [0.29, 0.717) is 18.1 Å². The summed E-state index contributed by atoms with van der Waals surface area (Å²) in [5, 5.41) is 5.69. The highest BCUT2D eigenvalue weighted by molar-refractivity contribution is 5.92. The summed E-state index contributed by atoms with van der Waals surface area (Å²) in [4.78, 5) is 22.0. The third-order valence-corrected chi connectivity index (χ3v) is 2.44. The number of nitrogens with one attached hydrogen (secondary N) is 2. The molecular weight excluding hydrogens is 230 g/mol. The molecule has 0 aliphatic heterocycles. The van der Waals surface area contributed by atoms with Crippen LogP contribution in [-0.2, 0) is 0 Å². The van der Waals surface area contributed by atoms with Gasteiger partial charge in [-0.1, -0.05) is 0 Å². The summed E-state index contributed by atoms with van der Waals surface area (Å²) < 4.78 is 0. The highest BCUT2D eigenvalue weighted by Gasteiger charge is 2.07. The maximum atomic E-state index is 11.8. The summed E-state index contributed by atoms with van der Waals surface area (Å²) in [6.07, 6.45) is 5.07. The van der Waals surface area contributed by atoms with Crippen molar-refractivity contribution in [3.8, 4) is 0 Å². The highest BCUT2D eigenvalue weighted by Crippen LogP contribution is 2.00. The third kappa shape index (κ3) is 5.09. The molecule has 1 aromatic heterocycles. The van der Waals surface area contributed by atoms with Gasteiger partial charge in [0.15, 0.2) is 0 Å². The van der Waals surface area contributed by atoms with Gasteiger partial charge in [0.25, 0.3) is 5.91 Å². The molecule has 100 valence electrons. The molecule has 0 fully saturated rings. The topological polar surface area (TPSA) is 70.2 Å². The summed E-state index contributed by atoms with van der Waals surface area (Å²) in [6.45, 7) is 1.70. The maximum Gasteiger partial charge on any atom is 0.271 e. The van der Waals surface area contributed by atoms with Crippen LogP contribution in [0, 0.1) is 0 Å². The maximum absolute atomic E-state index is 11.8. The molecule has 0 aliphatic carbocycles. The predicted octanol–water partition coefficient (Wildman–Crippen LogP) is 0.590. The molecule has 6 heteroatoms. The van der Waals surface area contributed by atoms with E-state index < -0.39 is 0 Å². The number of carbonyl (C=O) groups excluding carboxylic acids is 1. The number of anilines is 1. The number of hydrogen-bond donors (Lipinski definition) is 2. The molecule has 2 N–H and O–H groups in total. The van der Waals surface area contributed by atoms with Crippen LogP contribution in [0.15, 0.2) is 12.4 Å². The third-order valence-electron chi connectivity index (χ3n) is 2.44. The minimum absolute atomic E-state index is 0.176. The van der Waals surface area contributed by atoms with E-state index in [2.05, 4.69) is 25.5 Å². The smallest absolute Gasteiger partial charge is 0.271 e. The van der Waals surface area contributed by atoms with Crippen molar-refractivity contribution in [3.63, 3.8) is 0 Å². The van der Waals surface area contributed by atoms with Crippen molar-refractivity contribution in [1.29, 1.82) is 0 Å². The van der Waals surface area contributed by atoms with Crippen molar-refractivity contribution in [3.05, 3.63) is 18.1 Å². The van der Waals surface area contributed by atoms with Crippen LogP contribution in [0.2, 0.25) is 0 Å². The highest BCUT2D eigenvalue weighted by atomic mass is 16.1. The van der Waals surface area contributed by atoms with Crippen molar-refractivity contribution in [2.45, 2.75) is 12.8 Å². The Kier molecular flexibility index (Phi) is 6.07. The molecule has 0 atom stereocenters. The van der Waals surface area contributed by atoms with Crippen LogP contribution in [0.3, 0.4) is 0 Å². The molecule has 6 nitrogen and oxygen atoms in total. The van der Waals surface area contributed by atoms with E-state index in [1.165, 1.54) is 6.20 Å². The van der Waals surface area contributed by atoms with Crippen molar-refractivity contribution < 1.29 is 4.79 Å². The number of aromatic nitrogens is 2. The van der Waals surface area contributed by atoms with Crippen LogP contribution < -0.4 is 10.6 Å². The monoisotopic (exact) mass is 251 g/mol. The lowest BCUT2D eigenvalue weighted by Gasteiger charge is -2.09. The van der Waals surface area contributed by atoms with Crippen LogP contribution in [0.4, 0.5) is 5.82 Å². The molecule has 0 radical (unpaired) electrons. The minimum atomic E-state index is -0.176. The van der Waals surface area contributed by atoms with E-state index in [1.807, 2.05) is 14.1 Å². The standard InChI is InChI=1S/C12H21N5O/c1-13-11-9-14-8-10(16-11)12(18)15-6-4-5-7-17(2)3/h8-9H,4-7H2,1-3H3,(H,13,16)(H,15,18). The molecule has 0 spiro atoms. The van der Waals surface area contributed by atoms with Crippen LogP contribution in [0.25, 0.3) is 0 Å². The second-order valence-corrected chi connectivity index (χ2v) is 4.31. The zero-order valence-electron chi connectivity index (χ0n) is 11.2. The molecule has 0 bridgehead atoms. The number of unbranched alkanes of at least 4 members (excludes halogenated alkanes) is 1. The Morgan fingerprint density at radius 3 is 2.78 bits per heavy atom. The molecule has 0 saturated heterocycles. The van der Waals surface area contributed by atoms with Crippen LogP contribution in [0.5, 0.6) is 0 Å². The lowest BCUT2D eigenvalue weighted by atomic mass is 10.3. The van der Waals surface area contributed by atoms with Gasteiger partial charge in [0, 0.05) is 13.6 Å². The van der Waals surface area contributed by atoms with Gasteiger partial charge in [0.05, 0.1) is 12.4 Å². The number of amides is 1. The van der Waals surface area contributed by atoms with E-state index in [0.717, 1.165) is 19.4 Å². The largest absolute Gasteiger partial charge is 0.372 e. The fourth-order valence-corrected chi connectivity index (χ4v) is 1.44. The fraction of sp³-hybridized carbons (Fsp3) is 0.583. The van der Waals surface area contributed by atoms with Gasteiger partial charge < -0.3 is 15.5 Å². The predicted molar refractivity (Wildman–Crippen MR) is 71.7 cm³/mol. The molecule has 1 heterocycles. The molecule has 1 rings (SSSR count). The van der Waals surface area contributed by atoms with Gasteiger partial charge in [0.1, 0.15) is 11.5 Å². The van der Waals surface area contributed by atoms with Gasteiger partial charge in [-0.05, 0) is 33.5 Å². The quantitative estimate of drug-likeness (QED) is 0.694. The normalized spacial score (nSPS) is 10.4. The Morgan fingerprint density at radius 1 is 1.33 bits per heavy atom. The number of hydrogen-bond acceptors (Lipinski definition) is 5. The van der Waals surface area contributed by atoms with E-state index in [1.54, 1.807) is 13.2 Å². The zero-order chi connectivity index (χ0) is 13.4. The van der Waals surface area contributed by atoms with Crippen LogP contribution in [-0.4, -0.2) is 55.0 Å². The minimum Gasteiger partial charge on any atom is -0.372 e. The van der Waals surface area contributed by atoms with Gasteiger partial charge in [0.2, 0.25) is 0 Å². The second kappa shape index (κ2) is 7.60. The Hall–Kier alpha value is -1.69. The fourth-order valence-electron chi connectivity index (χ4n) is 1.44. The molecule has 0 saturated carbocycles. The number of rotatable bonds is 7. The average Bonchev–Trinajstić information content (AvgIpc) is 2.37. The van der Waals surface area contributed by atoms with Crippen molar-refractivity contribution in [2.24, 2.45) is 0 Å². The summed E-state index contributed by atoms with van der Waals surface area (Å²) in [5.74, 6) is 0.416. The number of nitrogens with zero attached hydrogens (tertiary/aromatic N) is 3. The Bertz CT molecular complexity index is 380. The summed E-state index contributed by atoms with van der Waals surface area (Å²) >= 11 is 0. The van der Waals surface area contributed by atoms with E-state index in [9.17, 15) is 4.79 Å². The Morgan fingerprint density at radius 2 is 2.11 bits per heavy atom. The average molecular weight is 251 g/mol. The van der Waals surface area contributed by atoms with Crippen LogP contribution in [0.1, 0.15) is 23.3 Å². The van der Waals surface area contributed by atoms with Gasteiger partial charge in [-0.2, -0.15) is 0 Å². The molecule has 0 unspecified atom stereocenters. The number of carbonyl (C=O) groups is 1. The first kappa shape index (κ1) is 14.4. The lowest BCUT2D eigenvalue weighted by molar-refractivity contribution is 0.0947. The molecule has 1 amide bonds. The van der Waals surface area contributed by atoms with Crippen molar-refractivity contribution in [1.82, 2.24) is 20.2 Å². The first-order valence-corrected chi connectivity index (χ1v) is 6.06. The summed E-state index contributed by atoms with van der Waals surface area (Å²) in [5.41, 5.74) is 0.342. The van der Waals surface area contributed by atoms with Crippen LogP contribution >= 0.6 is 0 Å². The molecule has 18 heavy (non-hydrogen) atoms. The Balaban J connectivity index is 2.31. The zero-order valence-corrected chi connectivity index (χ0v) is 11.2. The van der Waals surface area contributed by atoms with Gasteiger partial charge in [-0.25, -0.2) is 4.98 Å². The first-order valence-electron chi connectivity index (χ1n) is 6.06. The summed E-state index contributed by atoms with van der Waals surface area (Å²) in [7, 11) is 5.82. The van der Waals surface area contributed by atoms with Gasteiger partial charge in [-0.3, -0.25) is 9.78 Å². The van der Waals surface area contributed by atoms with E-state index in [4.69, 9.17) is 0 Å². The first-order chi connectivity index (χ1) is 8.63. The molecule has 1 aromatic rings. The SMILES string of the molecule is CNc1cncc(C(=O)NCCCCN(C)C)n1. The Labute approximate surface area is 108 Å². The van der Waals surface area contributed by atoms with E-state index >= 15 is 0 Å². The van der Waals surface area contributed by atoms with Gasteiger partial charge in [-0.15, -0.1) is 0 Å². The lowest BCUT2D eigenvalue weighted by Crippen LogP contribution is -2.26. The van der Waals surface area contributed by atoms with E-state index in [-0.39, 0.29) is 5.91 Å². The van der Waals surface area contributed by atoms with Gasteiger partial charge >= 0.3 is 0 Å². The van der Waals surface area contributed by atoms with Crippen molar-refractivity contribution in [2.75, 3.05) is 39.5 Å². The molecule has 0 aliphatic rings. The van der Waals surface area contributed by atoms with Crippen molar-refractivity contribution >= 4 is 11.7 Å². The second-order valence-electron chi connectivity index (χ2n) is 4.31.